The maximum absolute atomic E-state index is 12.5. The van der Waals surface area contributed by atoms with Crippen LogP contribution in [0.25, 0.3) is 21.9 Å². The van der Waals surface area contributed by atoms with Crippen LogP contribution in [-0.4, -0.2) is 29.9 Å². The molecular formula is C22H19F3N4O2. The van der Waals surface area contributed by atoms with Gasteiger partial charge in [-0.2, -0.15) is 13.2 Å². The molecule has 1 aromatic heterocycles. The number of aromatic nitrogens is 1. The number of carbonyl (C=O) groups excluding carboxylic acids is 1. The number of alkyl halides is 3. The maximum atomic E-state index is 12.5. The van der Waals surface area contributed by atoms with Gasteiger partial charge < -0.3 is 15.8 Å². The number of fused-ring (bicyclic) bond motifs is 1. The van der Waals surface area contributed by atoms with Crippen molar-refractivity contribution in [2.24, 2.45) is 5.73 Å². The molecule has 0 spiro atoms. The summed E-state index contributed by atoms with van der Waals surface area (Å²) in [5.41, 5.74) is 5.03. The van der Waals surface area contributed by atoms with Crippen molar-refractivity contribution in [3.8, 4) is 16.9 Å². The standard InChI is InChI=1S/C22H19F3N4O2/c1-31-15-4-2-3-13(9-15)16-6-5-14(18-12-28-8-7-17(16)18)11-29-21(30)19(26)10-20(27)22(23,24)25/h2-10,12,26H,11,27H2,1H3,(H,29,30). The van der Waals surface area contributed by atoms with E-state index in [0.29, 0.717) is 17.4 Å². The Labute approximate surface area is 176 Å². The Kier molecular flexibility index (Phi) is 6.24. The van der Waals surface area contributed by atoms with Crippen LogP contribution in [-0.2, 0) is 11.3 Å². The molecule has 0 aliphatic rings. The molecule has 0 aliphatic heterocycles. The van der Waals surface area contributed by atoms with Crippen LogP contribution in [0.4, 0.5) is 13.2 Å². The van der Waals surface area contributed by atoms with Crippen LogP contribution in [0.15, 0.2) is 66.6 Å². The van der Waals surface area contributed by atoms with Gasteiger partial charge in [-0.05, 0) is 46.4 Å². The minimum absolute atomic E-state index is 0.00155. The normalized spacial score (nSPS) is 11.9. The molecule has 6 nitrogen and oxygen atoms in total. The van der Waals surface area contributed by atoms with E-state index in [-0.39, 0.29) is 6.54 Å². The molecule has 0 unspecified atom stereocenters. The number of hydrogen-bond donors (Lipinski definition) is 3. The highest BCUT2D eigenvalue weighted by Crippen LogP contribution is 2.32. The highest BCUT2D eigenvalue weighted by Gasteiger charge is 2.32. The largest absolute Gasteiger partial charge is 0.497 e. The molecule has 3 aromatic rings. The fourth-order valence-electron chi connectivity index (χ4n) is 3.02. The van der Waals surface area contributed by atoms with Crippen LogP contribution in [0, 0.1) is 5.41 Å². The third kappa shape index (κ3) is 5.00. The summed E-state index contributed by atoms with van der Waals surface area (Å²) in [5, 5.41) is 11.6. The van der Waals surface area contributed by atoms with Gasteiger partial charge in [-0.1, -0.05) is 24.3 Å². The van der Waals surface area contributed by atoms with Crippen LogP contribution in [0.3, 0.4) is 0 Å². The average Bonchev–Trinajstić information content (AvgIpc) is 2.76. The van der Waals surface area contributed by atoms with Crippen molar-refractivity contribution in [1.29, 1.82) is 5.41 Å². The summed E-state index contributed by atoms with van der Waals surface area (Å²) in [6.07, 6.45) is -1.21. The third-order valence-electron chi connectivity index (χ3n) is 4.60. The first-order chi connectivity index (χ1) is 14.7. The number of halogens is 3. The quantitative estimate of drug-likeness (QED) is 0.518. The van der Waals surface area contributed by atoms with Crippen LogP contribution >= 0.6 is 0 Å². The number of methoxy groups -OCH3 is 1. The van der Waals surface area contributed by atoms with Crippen molar-refractivity contribution >= 4 is 22.4 Å². The molecule has 3 rings (SSSR count). The summed E-state index contributed by atoms with van der Waals surface area (Å²) >= 11 is 0. The Hall–Kier alpha value is -3.88. The van der Waals surface area contributed by atoms with Crippen molar-refractivity contribution in [3.05, 3.63) is 72.2 Å². The van der Waals surface area contributed by atoms with Gasteiger partial charge in [-0.25, -0.2) is 0 Å². The van der Waals surface area contributed by atoms with Gasteiger partial charge in [0.25, 0.3) is 5.91 Å². The second-order valence-electron chi connectivity index (χ2n) is 6.62. The molecule has 0 radical (unpaired) electrons. The van der Waals surface area contributed by atoms with E-state index in [0.717, 1.165) is 21.9 Å². The average molecular weight is 428 g/mol. The maximum Gasteiger partial charge on any atom is 0.430 e. The Morgan fingerprint density at radius 1 is 1.23 bits per heavy atom. The van der Waals surface area contributed by atoms with Crippen LogP contribution < -0.4 is 15.8 Å². The number of rotatable bonds is 6. The molecule has 2 aromatic carbocycles. The van der Waals surface area contributed by atoms with Gasteiger partial charge in [-0.3, -0.25) is 15.2 Å². The number of amides is 1. The number of benzene rings is 2. The lowest BCUT2D eigenvalue weighted by Gasteiger charge is -2.13. The Morgan fingerprint density at radius 2 is 2.00 bits per heavy atom. The predicted molar refractivity (Wildman–Crippen MR) is 112 cm³/mol. The van der Waals surface area contributed by atoms with Gasteiger partial charge in [-0.15, -0.1) is 0 Å². The third-order valence-corrected chi connectivity index (χ3v) is 4.60. The smallest absolute Gasteiger partial charge is 0.430 e. The first kappa shape index (κ1) is 21.8. The molecule has 0 atom stereocenters. The summed E-state index contributed by atoms with van der Waals surface area (Å²) in [5.74, 6) is -0.262. The van der Waals surface area contributed by atoms with E-state index in [1.54, 1.807) is 25.6 Å². The lowest BCUT2D eigenvalue weighted by Crippen LogP contribution is -2.31. The topological polar surface area (TPSA) is 101 Å². The zero-order valence-electron chi connectivity index (χ0n) is 16.5. The molecule has 31 heavy (non-hydrogen) atoms. The molecule has 4 N–H and O–H groups in total. The lowest BCUT2D eigenvalue weighted by molar-refractivity contribution is -0.114. The molecule has 0 bridgehead atoms. The van der Waals surface area contributed by atoms with Crippen LogP contribution in [0.5, 0.6) is 5.75 Å². The second-order valence-corrected chi connectivity index (χ2v) is 6.62. The van der Waals surface area contributed by atoms with E-state index >= 15 is 0 Å². The SMILES string of the molecule is COc1cccc(-c2ccc(CNC(=O)C(=N)C=C(N)C(F)(F)F)c3cnccc23)c1. The number of hydrogen-bond acceptors (Lipinski definition) is 5. The van der Waals surface area contributed by atoms with Gasteiger partial charge in [0.15, 0.2) is 0 Å². The molecule has 0 saturated carbocycles. The molecular weight excluding hydrogens is 409 g/mol. The number of ether oxygens (including phenoxy) is 1. The lowest BCUT2D eigenvalue weighted by atomic mass is 9.96. The van der Waals surface area contributed by atoms with Crippen molar-refractivity contribution in [1.82, 2.24) is 10.3 Å². The summed E-state index contributed by atoms with van der Waals surface area (Å²) in [6, 6.07) is 13.1. The van der Waals surface area contributed by atoms with E-state index < -0.39 is 23.5 Å². The second kappa shape index (κ2) is 8.86. The summed E-state index contributed by atoms with van der Waals surface area (Å²) in [6.45, 7) is 0.00155. The van der Waals surface area contributed by atoms with Gasteiger partial charge in [0.1, 0.15) is 17.2 Å². The number of allylic oxidation sites excluding steroid dienone is 1. The Morgan fingerprint density at radius 3 is 2.71 bits per heavy atom. The Balaban J connectivity index is 1.86. The fraction of sp³-hybridized carbons (Fsp3) is 0.136. The molecule has 1 heterocycles. The van der Waals surface area contributed by atoms with E-state index in [1.165, 1.54) is 0 Å². The van der Waals surface area contributed by atoms with Crippen LogP contribution in [0.1, 0.15) is 5.56 Å². The van der Waals surface area contributed by atoms with Crippen molar-refractivity contribution in [3.63, 3.8) is 0 Å². The minimum atomic E-state index is -4.80. The van der Waals surface area contributed by atoms with Crippen molar-refractivity contribution in [2.45, 2.75) is 12.7 Å². The number of nitrogens with one attached hydrogen (secondary N) is 2. The summed E-state index contributed by atoms with van der Waals surface area (Å²) in [7, 11) is 1.59. The Bertz CT molecular complexity index is 1170. The number of carbonyl (C=O) groups is 1. The first-order valence-electron chi connectivity index (χ1n) is 9.12. The molecule has 1 amide bonds. The van der Waals surface area contributed by atoms with Gasteiger partial charge in [0, 0.05) is 24.3 Å². The van der Waals surface area contributed by atoms with E-state index in [2.05, 4.69) is 10.3 Å². The van der Waals surface area contributed by atoms with Crippen molar-refractivity contribution < 1.29 is 22.7 Å². The van der Waals surface area contributed by atoms with E-state index in [9.17, 15) is 18.0 Å². The highest BCUT2D eigenvalue weighted by molar-refractivity contribution is 6.42. The van der Waals surface area contributed by atoms with E-state index in [4.69, 9.17) is 15.9 Å². The molecule has 0 aliphatic carbocycles. The predicted octanol–water partition coefficient (Wildman–Crippen LogP) is 3.95. The van der Waals surface area contributed by atoms with Gasteiger partial charge in [0.05, 0.1) is 7.11 Å². The van der Waals surface area contributed by atoms with Crippen LogP contribution in [0.2, 0.25) is 0 Å². The molecule has 0 fully saturated rings. The number of nitrogens with zero attached hydrogens (tertiary/aromatic N) is 1. The number of pyridine rings is 1. The van der Waals surface area contributed by atoms with E-state index in [1.807, 2.05) is 36.4 Å². The van der Waals surface area contributed by atoms with Gasteiger partial charge >= 0.3 is 6.18 Å². The van der Waals surface area contributed by atoms with Gasteiger partial charge in [0.2, 0.25) is 0 Å². The summed E-state index contributed by atoms with van der Waals surface area (Å²) in [4.78, 5) is 16.2. The highest BCUT2D eigenvalue weighted by atomic mass is 19.4. The molecule has 160 valence electrons. The monoisotopic (exact) mass is 428 g/mol. The molecule has 9 heteroatoms. The minimum Gasteiger partial charge on any atom is -0.497 e. The molecule has 0 saturated heterocycles. The zero-order chi connectivity index (χ0) is 22.6. The first-order valence-corrected chi connectivity index (χ1v) is 9.12. The summed E-state index contributed by atoms with van der Waals surface area (Å²) < 4.78 is 42.7. The zero-order valence-corrected chi connectivity index (χ0v) is 16.5. The fourth-order valence-corrected chi connectivity index (χ4v) is 3.02. The van der Waals surface area contributed by atoms with Crippen molar-refractivity contribution in [2.75, 3.05) is 7.11 Å². The number of nitrogens with two attached hydrogens (primary N) is 1.